The predicted molar refractivity (Wildman–Crippen MR) is 102 cm³/mol. The zero-order valence-electron chi connectivity index (χ0n) is 14.7. The van der Waals surface area contributed by atoms with Crippen molar-refractivity contribution in [1.29, 1.82) is 0 Å². The van der Waals surface area contributed by atoms with Crippen LogP contribution in [0.3, 0.4) is 0 Å². The quantitative estimate of drug-likeness (QED) is 0.445. The maximum absolute atomic E-state index is 12.9. The zero-order chi connectivity index (χ0) is 18.8. The lowest BCUT2D eigenvalue weighted by atomic mass is 10.1. The normalized spacial score (nSPS) is 11.0. The largest absolute Gasteiger partial charge is 0.467 e. The molecule has 3 heterocycles. The Hall–Kier alpha value is -3.05. The molecular formula is C21H17ClN2O3. The van der Waals surface area contributed by atoms with E-state index >= 15 is 0 Å². The summed E-state index contributed by atoms with van der Waals surface area (Å²) >= 11 is 6.43. The molecule has 0 saturated heterocycles. The molecule has 0 spiro atoms. The van der Waals surface area contributed by atoms with Gasteiger partial charge in [-0.3, -0.25) is 4.79 Å². The number of aryl methyl sites for hydroxylation is 1. The van der Waals surface area contributed by atoms with Gasteiger partial charge in [-0.05, 0) is 42.8 Å². The van der Waals surface area contributed by atoms with E-state index in [1.165, 1.54) is 6.26 Å². The first kappa shape index (κ1) is 17.4. The van der Waals surface area contributed by atoms with Crippen LogP contribution in [-0.4, -0.2) is 15.8 Å². The second-order valence-electron chi connectivity index (χ2n) is 6.30. The molecule has 5 nitrogen and oxygen atoms in total. The Bertz CT molecular complexity index is 1070. The minimum atomic E-state index is -0.239. The van der Waals surface area contributed by atoms with Crippen LogP contribution in [0.5, 0.6) is 0 Å². The Labute approximate surface area is 161 Å². The average molecular weight is 381 g/mol. The van der Waals surface area contributed by atoms with Crippen molar-refractivity contribution >= 4 is 28.4 Å². The third kappa shape index (κ3) is 3.59. The first-order valence-electron chi connectivity index (χ1n) is 8.52. The summed E-state index contributed by atoms with van der Waals surface area (Å²) in [5.41, 5.74) is 2.68. The van der Waals surface area contributed by atoms with Crippen LogP contribution < -0.4 is 0 Å². The van der Waals surface area contributed by atoms with Crippen LogP contribution in [0.25, 0.3) is 10.9 Å². The van der Waals surface area contributed by atoms with E-state index < -0.39 is 0 Å². The molecule has 0 N–H and O–H groups in total. The van der Waals surface area contributed by atoms with Gasteiger partial charge in [0.15, 0.2) is 5.76 Å². The fraction of sp³-hybridized carbons (Fsp3) is 0.143. The molecule has 0 bridgehead atoms. The van der Waals surface area contributed by atoms with Gasteiger partial charge in [-0.15, -0.1) is 0 Å². The summed E-state index contributed by atoms with van der Waals surface area (Å²) < 4.78 is 10.7. The Kier molecular flexibility index (Phi) is 4.69. The fourth-order valence-electron chi connectivity index (χ4n) is 3.03. The van der Waals surface area contributed by atoms with Crippen molar-refractivity contribution in [1.82, 2.24) is 9.88 Å². The molecule has 136 valence electrons. The van der Waals surface area contributed by atoms with Crippen molar-refractivity contribution in [2.75, 3.05) is 0 Å². The molecule has 6 heteroatoms. The van der Waals surface area contributed by atoms with E-state index in [0.717, 1.165) is 22.0 Å². The molecule has 0 radical (unpaired) electrons. The smallest absolute Gasteiger partial charge is 0.290 e. The minimum absolute atomic E-state index is 0.239. The van der Waals surface area contributed by atoms with E-state index in [2.05, 4.69) is 4.98 Å². The van der Waals surface area contributed by atoms with Crippen LogP contribution in [0, 0.1) is 6.92 Å². The second kappa shape index (κ2) is 7.29. The lowest BCUT2D eigenvalue weighted by molar-refractivity contribution is 0.0685. The molecule has 27 heavy (non-hydrogen) atoms. The van der Waals surface area contributed by atoms with E-state index in [-0.39, 0.29) is 18.2 Å². The topological polar surface area (TPSA) is 59.5 Å². The van der Waals surface area contributed by atoms with Crippen molar-refractivity contribution in [2.24, 2.45) is 0 Å². The van der Waals surface area contributed by atoms with Crippen molar-refractivity contribution in [3.8, 4) is 0 Å². The zero-order valence-corrected chi connectivity index (χ0v) is 15.4. The number of fused-ring (bicyclic) bond motifs is 1. The van der Waals surface area contributed by atoms with Gasteiger partial charge in [0.1, 0.15) is 10.9 Å². The summed E-state index contributed by atoms with van der Waals surface area (Å²) in [6.07, 6.45) is 3.06. The summed E-state index contributed by atoms with van der Waals surface area (Å²) in [4.78, 5) is 19.0. The number of hydrogen-bond acceptors (Lipinski definition) is 4. The molecule has 0 saturated carbocycles. The van der Waals surface area contributed by atoms with Crippen LogP contribution in [-0.2, 0) is 13.1 Å². The summed E-state index contributed by atoms with van der Waals surface area (Å²) in [6.45, 7) is 2.58. The first-order valence-corrected chi connectivity index (χ1v) is 8.89. The Morgan fingerprint density at radius 3 is 2.63 bits per heavy atom. The van der Waals surface area contributed by atoms with E-state index in [1.807, 2.05) is 37.3 Å². The number of benzene rings is 1. The van der Waals surface area contributed by atoms with Crippen molar-refractivity contribution in [3.63, 3.8) is 0 Å². The van der Waals surface area contributed by atoms with Crippen molar-refractivity contribution in [2.45, 2.75) is 20.0 Å². The summed E-state index contributed by atoms with van der Waals surface area (Å²) in [5.74, 6) is 0.703. The minimum Gasteiger partial charge on any atom is -0.467 e. The number of rotatable bonds is 5. The molecule has 1 amide bonds. The first-order chi connectivity index (χ1) is 13.1. The standard InChI is InChI=1S/C21H17ClN2O3/c1-14-5-2-6-15-11-16(20(22)23-19(14)15)12-24(13-17-7-3-9-26-17)21(25)18-8-4-10-27-18/h2-11H,12-13H2,1H3. The van der Waals surface area contributed by atoms with E-state index in [4.69, 9.17) is 20.4 Å². The molecule has 1 aromatic carbocycles. The second-order valence-corrected chi connectivity index (χ2v) is 6.66. The summed E-state index contributed by atoms with van der Waals surface area (Å²) in [6, 6.07) is 14.9. The summed E-state index contributed by atoms with van der Waals surface area (Å²) in [5, 5.41) is 1.37. The van der Waals surface area contributed by atoms with Crippen molar-refractivity contribution in [3.05, 3.63) is 88.9 Å². The van der Waals surface area contributed by atoms with Gasteiger partial charge < -0.3 is 13.7 Å². The third-order valence-corrected chi connectivity index (χ3v) is 4.71. The SMILES string of the molecule is Cc1cccc2cc(CN(Cc3ccco3)C(=O)c3ccco3)c(Cl)nc12. The van der Waals surface area contributed by atoms with Gasteiger partial charge in [-0.1, -0.05) is 29.8 Å². The van der Waals surface area contributed by atoms with Crippen LogP contribution >= 0.6 is 11.6 Å². The molecule has 4 rings (SSSR count). The molecule has 4 aromatic rings. The molecule has 0 atom stereocenters. The number of pyridine rings is 1. The molecule has 0 aliphatic heterocycles. The predicted octanol–water partition coefficient (Wildman–Crippen LogP) is 5.23. The number of hydrogen-bond donors (Lipinski definition) is 0. The number of furan rings is 2. The molecule has 3 aromatic heterocycles. The van der Waals surface area contributed by atoms with Crippen LogP contribution in [0.1, 0.15) is 27.4 Å². The number of aromatic nitrogens is 1. The Balaban J connectivity index is 1.69. The number of nitrogens with zero attached hydrogens (tertiary/aromatic N) is 2. The molecular weight excluding hydrogens is 364 g/mol. The summed E-state index contributed by atoms with van der Waals surface area (Å²) in [7, 11) is 0. The highest BCUT2D eigenvalue weighted by molar-refractivity contribution is 6.30. The van der Waals surface area contributed by atoms with Crippen LogP contribution in [0.15, 0.2) is 69.9 Å². The number of amides is 1. The third-order valence-electron chi connectivity index (χ3n) is 4.38. The molecule has 0 aliphatic carbocycles. The van der Waals surface area contributed by atoms with E-state index in [0.29, 0.717) is 17.5 Å². The average Bonchev–Trinajstić information content (AvgIpc) is 3.36. The van der Waals surface area contributed by atoms with Gasteiger partial charge in [0, 0.05) is 17.5 Å². The number of carbonyl (C=O) groups is 1. The number of halogens is 1. The van der Waals surface area contributed by atoms with Crippen LogP contribution in [0.4, 0.5) is 0 Å². The number of carbonyl (C=O) groups excluding carboxylic acids is 1. The fourth-order valence-corrected chi connectivity index (χ4v) is 3.23. The Morgan fingerprint density at radius 1 is 1.07 bits per heavy atom. The highest BCUT2D eigenvalue weighted by Crippen LogP contribution is 2.25. The highest BCUT2D eigenvalue weighted by Gasteiger charge is 2.21. The molecule has 0 unspecified atom stereocenters. The van der Waals surface area contributed by atoms with Crippen molar-refractivity contribution < 1.29 is 13.6 Å². The maximum Gasteiger partial charge on any atom is 0.290 e. The molecule has 0 aliphatic rings. The Morgan fingerprint density at radius 2 is 1.89 bits per heavy atom. The van der Waals surface area contributed by atoms with E-state index in [1.54, 1.807) is 29.4 Å². The monoisotopic (exact) mass is 380 g/mol. The number of para-hydroxylation sites is 1. The van der Waals surface area contributed by atoms with Gasteiger partial charge in [-0.25, -0.2) is 4.98 Å². The van der Waals surface area contributed by atoms with Crippen LogP contribution in [0.2, 0.25) is 5.15 Å². The van der Waals surface area contributed by atoms with Gasteiger partial charge in [0.05, 0.1) is 24.6 Å². The van der Waals surface area contributed by atoms with E-state index in [9.17, 15) is 4.79 Å². The maximum atomic E-state index is 12.9. The van der Waals surface area contributed by atoms with Gasteiger partial charge in [0.2, 0.25) is 0 Å². The van der Waals surface area contributed by atoms with Gasteiger partial charge in [-0.2, -0.15) is 0 Å². The highest BCUT2D eigenvalue weighted by atomic mass is 35.5. The molecule has 0 fully saturated rings. The lowest BCUT2D eigenvalue weighted by Gasteiger charge is -2.21. The van der Waals surface area contributed by atoms with Gasteiger partial charge >= 0.3 is 0 Å². The lowest BCUT2D eigenvalue weighted by Crippen LogP contribution is -2.30. The van der Waals surface area contributed by atoms with Gasteiger partial charge in [0.25, 0.3) is 5.91 Å².